The predicted octanol–water partition coefficient (Wildman–Crippen LogP) is 2.97. The van der Waals surface area contributed by atoms with Gasteiger partial charge in [0.15, 0.2) is 0 Å². The summed E-state index contributed by atoms with van der Waals surface area (Å²) in [5, 5.41) is 12.7. The van der Waals surface area contributed by atoms with E-state index < -0.39 is 10.0 Å². The zero-order chi connectivity index (χ0) is 24.5. The highest BCUT2D eigenvalue weighted by molar-refractivity contribution is 7.89. The number of aromatic nitrogens is 3. The van der Waals surface area contributed by atoms with Gasteiger partial charge in [-0.05, 0) is 48.2 Å². The fourth-order valence-electron chi connectivity index (χ4n) is 4.16. The Morgan fingerprint density at radius 3 is 2.17 bits per heavy atom. The second kappa shape index (κ2) is 9.09. The lowest BCUT2D eigenvalue weighted by molar-refractivity contribution is 0.0939. The Bertz CT molecular complexity index is 1450. The van der Waals surface area contributed by atoms with Crippen molar-refractivity contribution in [2.45, 2.75) is 29.6 Å². The number of rotatable bonds is 8. The lowest BCUT2D eigenvalue weighted by Gasteiger charge is -2.15. The number of carbonyl (C=O) groups is 1. The molecule has 0 spiro atoms. The summed E-state index contributed by atoms with van der Waals surface area (Å²) in [6.45, 7) is 0.515. The summed E-state index contributed by atoms with van der Waals surface area (Å²) in [5.74, 6) is 0.283. The Kier molecular flexibility index (Phi) is 5.96. The molecule has 8 nitrogen and oxygen atoms in total. The predicted molar refractivity (Wildman–Crippen MR) is 132 cm³/mol. The standard InChI is InChI=1S/C26H25N5O3S/c27-35(33,34)22-13-11-21(12-14-22)31-23(17-19-7-3-1-4-8-19)29-24(30-31)25(32)28-18-26(15-16-26)20-9-5-2-6-10-20/h1-14H,15-18H2,(H,28,32)(H2,27,33,34). The van der Waals surface area contributed by atoms with Crippen molar-refractivity contribution in [3.63, 3.8) is 0 Å². The molecule has 5 rings (SSSR count). The van der Waals surface area contributed by atoms with Gasteiger partial charge in [-0.15, -0.1) is 5.10 Å². The van der Waals surface area contributed by atoms with E-state index in [2.05, 4.69) is 27.5 Å². The van der Waals surface area contributed by atoms with Crippen molar-refractivity contribution in [3.8, 4) is 5.69 Å². The molecule has 0 aliphatic heterocycles. The van der Waals surface area contributed by atoms with Crippen LogP contribution in [0.25, 0.3) is 5.69 Å². The first-order valence-electron chi connectivity index (χ1n) is 11.3. The summed E-state index contributed by atoms with van der Waals surface area (Å²) >= 11 is 0. The molecule has 1 saturated carbocycles. The molecule has 0 radical (unpaired) electrons. The van der Waals surface area contributed by atoms with E-state index in [1.807, 2.05) is 48.5 Å². The maximum Gasteiger partial charge on any atom is 0.291 e. The van der Waals surface area contributed by atoms with E-state index in [4.69, 9.17) is 5.14 Å². The average Bonchev–Trinajstić information content (AvgIpc) is 3.56. The molecule has 9 heteroatoms. The van der Waals surface area contributed by atoms with Crippen molar-refractivity contribution in [1.29, 1.82) is 0 Å². The van der Waals surface area contributed by atoms with Crippen LogP contribution < -0.4 is 10.5 Å². The molecular formula is C26H25N5O3S. The topological polar surface area (TPSA) is 120 Å². The molecule has 3 aromatic carbocycles. The molecular weight excluding hydrogens is 462 g/mol. The van der Waals surface area contributed by atoms with Crippen LogP contribution >= 0.6 is 0 Å². The summed E-state index contributed by atoms with van der Waals surface area (Å²) in [6, 6.07) is 26.0. The van der Waals surface area contributed by atoms with Gasteiger partial charge >= 0.3 is 0 Å². The quantitative estimate of drug-likeness (QED) is 0.396. The maximum absolute atomic E-state index is 13.0. The highest BCUT2D eigenvalue weighted by Gasteiger charge is 2.44. The van der Waals surface area contributed by atoms with E-state index in [-0.39, 0.29) is 22.0 Å². The molecule has 1 fully saturated rings. The van der Waals surface area contributed by atoms with Crippen LogP contribution in [0.2, 0.25) is 0 Å². The number of hydrogen-bond donors (Lipinski definition) is 2. The Balaban J connectivity index is 1.41. The third-order valence-corrected chi connectivity index (χ3v) is 7.25. The van der Waals surface area contributed by atoms with Gasteiger partial charge in [-0.2, -0.15) is 0 Å². The molecule has 35 heavy (non-hydrogen) atoms. The van der Waals surface area contributed by atoms with Crippen LogP contribution in [0.4, 0.5) is 0 Å². The normalized spacial score (nSPS) is 14.4. The van der Waals surface area contributed by atoms with Crippen LogP contribution in [-0.2, 0) is 21.9 Å². The number of nitrogens with one attached hydrogen (secondary N) is 1. The van der Waals surface area contributed by atoms with E-state index in [0.717, 1.165) is 18.4 Å². The van der Waals surface area contributed by atoms with E-state index in [1.54, 1.807) is 16.8 Å². The van der Waals surface area contributed by atoms with Crippen LogP contribution in [0.3, 0.4) is 0 Å². The maximum atomic E-state index is 13.0. The van der Waals surface area contributed by atoms with E-state index >= 15 is 0 Å². The Morgan fingerprint density at radius 1 is 0.943 bits per heavy atom. The fraction of sp³-hybridized carbons (Fsp3) is 0.192. The first-order valence-corrected chi connectivity index (χ1v) is 12.9. The van der Waals surface area contributed by atoms with Crippen molar-refractivity contribution in [1.82, 2.24) is 20.1 Å². The number of nitrogens with two attached hydrogens (primary N) is 1. The molecule has 1 amide bonds. The van der Waals surface area contributed by atoms with Gasteiger partial charge in [-0.1, -0.05) is 60.7 Å². The van der Waals surface area contributed by atoms with Crippen molar-refractivity contribution in [2.24, 2.45) is 5.14 Å². The van der Waals surface area contributed by atoms with Gasteiger partial charge in [0.2, 0.25) is 15.8 Å². The van der Waals surface area contributed by atoms with Crippen LogP contribution in [0.1, 0.15) is 40.4 Å². The largest absolute Gasteiger partial charge is 0.348 e. The number of benzene rings is 3. The molecule has 0 unspecified atom stereocenters. The average molecular weight is 488 g/mol. The second-order valence-electron chi connectivity index (χ2n) is 8.79. The van der Waals surface area contributed by atoms with Gasteiger partial charge in [0, 0.05) is 18.4 Å². The summed E-state index contributed by atoms with van der Waals surface area (Å²) in [6.07, 6.45) is 2.50. The zero-order valence-electron chi connectivity index (χ0n) is 19.0. The minimum Gasteiger partial charge on any atom is -0.348 e. The van der Waals surface area contributed by atoms with Crippen molar-refractivity contribution in [3.05, 3.63) is 108 Å². The van der Waals surface area contributed by atoms with Gasteiger partial charge in [0.05, 0.1) is 10.6 Å². The Morgan fingerprint density at radius 2 is 1.57 bits per heavy atom. The zero-order valence-corrected chi connectivity index (χ0v) is 19.8. The molecule has 0 atom stereocenters. The lowest BCUT2D eigenvalue weighted by atomic mass is 9.96. The summed E-state index contributed by atoms with van der Waals surface area (Å²) in [7, 11) is -3.82. The molecule has 0 saturated heterocycles. The fourth-order valence-corrected chi connectivity index (χ4v) is 4.67. The van der Waals surface area contributed by atoms with Gasteiger partial charge in [-0.25, -0.2) is 23.2 Å². The molecule has 178 valence electrons. The third kappa shape index (κ3) is 5.01. The van der Waals surface area contributed by atoms with Gasteiger partial charge < -0.3 is 5.32 Å². The Labute approximate surface area is 203 Å². The van der Waals surface area contributed by atoms with Crippen LogP contribution in [0, 0.1) is 0 Å². The van der Waals surface area contributed by atoms with Crippen molar-refractivity contribution in [2.75, 3.05) is 6.54 Å². The van der Waals surface area contributed by atoms with Gasteiger partial charge in [0.25, 0.3) is 5.91 Å². The molecule has 1 aliphatic carbocycles. The monoisotopic (exact) mass is 487 g/mol. The van der Waals surface area contributed by atoms with Crippen LogP contribution in [0.15, 0.2) is 89.8 Å². The third-order valence-electron chi connectivity index (χ3n) is 6.32. The highest BCUT2D eigenvalue weighted by Crippen LogP contribution is 2.47. The Hall–Kier alpha value is -3.82. The minimum atomic E-state index is -3.82. The number of carbonyl (C=O) groups excluding carboxylic acids is 1. The smallest absolute Gasteiger partial charge is 0.291 e. The first kappa shape index (κ1) is 22.9. The second-order valence-corrected chi connectivity index (χ2v) is 10.4. The van der Waals surface area contributed by atoms with E-state index in [0.29, 0.717) is 24.5 Å². The lowest BCUT2D eigenvalue weighted by Crippen LogP contribution is -2.33. The number of amides is 1. The van der Waals surface area contributed by atoms with E-state index in [9.17, 15) is 13.2 Å². The first-order chi connectivity index (χ1) is 16.8. The number of nitrogens with zero attached hydrogens (tertiary/aromatic N) is 3. The van der Waals surface area contributed by atoms with Crippen molar-refractivity contribution < 1.29 is 13.2 Å². The molecule has 4 aromatic rings. The number of sulfonamides is 1. The summed E-state index contributed by atoms with van der Waals surface area (Å²) < 4.78 is 24.8. The molecule has 1 aromatic heterocycles. The highest BCUT2D eigenvalue weighted by atomic mass is 32.2. The van der Waals surface area contributed by atoms with E-state index in [1.165, 1.54) is 17.7 Å². The molecule has 1 heterocycles. The summed E-state index contributed by atoms with van der Waals surface area (Å²) in [5.41, 5.74) is 2.78. The number of primary sulfonamides is 1. The molecule has 3 N–H and O–H groups in total. The molecule has 1 aliphatic rings. The van der Waals surface area contributed by atoms with Crippen molar-refractivity contribution >= 4 is 15.9 Å². The van der Waals surface area contributed by atoms with Crippen LogP contribution in [-0.4, -0.2) is 35.6 Å². The van der Waals surface area contributed by atoms with Gasteiger partial charge in [-0.3, -0.25) is 4.79 Å². The summed E-state index contributed by atoms with van der Waals surface area (Å²) in [4.78, 5) is 17.6. The van der Waals surface area contributed by atoms with Gasteiger partial charge in [0.1, 0.15) is 5.82 Å². The van der Waals surface area contributed by atoms with Crippen LogP contribution in [0.5, 0.6) is 0 Å². The SMILES string of the molecule is NS(=O)(=O)c1ccc(-n2nc(C(=O)NCC3(c4ccccc4)CC3)nc2Cc2ccccc2)cc1. The molecule has 0 bridgehead atoms. The minimum absolute atomic E-state index is 0.000385. The number of hydrogen-bond acceptors (Lipinski definition) is 5.